The van der Waals surface area contributed by atoms with E-state index in [0.29, 0.717) is 6.54 Å². The van der Waals surface area contributed by atoms with Crippen LogP contribution in [0, 0.1) is 13.8 Å². The van der Waals surface area contributed by atoms with Crippen LogP contribution < -0.4 is 10.6 Å². The smallest absolute Gasteiger partial charge is 0.191 e. The van der Waals surface area contributed by atoms with Crippen molar-refractivity contribution in [1.82, 2.24) is 20.5 Å². The molecule has 1 aromatic carbocycles. The standard InChI is InChI=1S/C23H35N5OS/c1-4-24-23(25-12-9-22-27-17(2)18(3)30-22)26-15-19-5-7-20(8-6-19)16-28-13-10-21(29)11-14-28/h5-8,21,29H,4,9-16H2,1-3H3,(H2,24,25,26). The van der Waals surface area contributed by atoms with Gasteiger partial charge in [0, 0.05) is 44.0 Å². The van der Waals surface area contributed by atoms with Crippen LogP contribution in [0.15, 0.2) is 29.3 Å². The van der Waals surface area contributed by atoms with E-state index >= 15 is 0 Å². The van der Waals surface area contributed by atoms with Gasteiger partial charge in [0.25, 0.3) is 0 Å². The maximum atomic E-state index is 9.64. The van der Waals surface area contributed by atoms with E-state index in [1.165, 1.54) is 21.0 Å². The monoisotopic (exact) mass is 429 g/mol. The summed E-state index contributed by atoms with van der Waals surface area (Å²) in [4.78, 5) is 13.0. The minimum Gasteiger partial charge on any atom is -0.393 e. The zero-order chi connectivity index (χ0) is 21.3. The van der Waals surface area contributed by atoms with E-state index in [-0.39, 0.29) is 6.10 Å². The summed E-state index contributed by atoms with van der Waals surface area (Å²) in [6.07, 6.45) is 2.56. The van der Waals surface area contributed by atoms with Crippen LogP contribution in [0.4, 0.5) is 0 Å². The number of aromatic nitrogens is 1. The molecule has 0 atom stereocenters. The van der Waals surface area contributed by atoms with Crippen LogP contribution in [0.3, 0.4) is 0 Å². The van der Waals surface area contributed by atoms with Gasteiger partial charge in [-0.3, -0.25) is 4.90 Å². The Morgan fingerprint density at radius 1 is 1.17 bits per heavy atom. The van der Waals surface area contributed by atoms with E-state index in [1.807, 2.05) is 0 Å². The molecule has 1 aliphatic rings. The molecule has 0 amide bonds. The van der Waals surface area contributed by atoms with Gasteiger partial charge in [-0.25, -0.2) is 9.98 Å². The highest BCUT2D eigenvalue weighted by molar-refractivity contribution is 7.11. The molecular formula is C23H35N5OS. The molecule has 164 valence electrons. The third-order valence-corrected chi connectivity index (χ3v) is 6.59. The molecule has 1 aromatic heterocycles. The average molecular weight is 430 g/mol. The van der Waals surface area contributed by atoms with Crippen molar-refractivity contribution in [3.63, 3.8) is 0 Å². The molecule has 0 unspecified atom stereocenters. The number of aliphatic hydroxyl groups excluding tert-OH is 1. The Hall–Kier alpha value is -1.96. The van der Waals surface area contributed by atoms with Crippen LogP contribution in [0.25, 0.3) is 0 Å². The second-order valence-electron chi connectivity index (χ2n) is 7.94. The lowest BCUT2D eigenvalue weighted by Gasteiger charge is -2.29. The number of likely N-dealkylation sites (tertiary alicyclic amines) is 1. The van der Waals surface area contributed by atoms with Gasteiger partial charge in [0.05, 0.1) is 23.4 Å². The van der Waals surface area contributed by atoms with Gasteiger partial charge in [0.2, 0.25) is 0 Å². The molecule has 3 rings (SSSR count). The Bertz CT molecular complexity index is 790. The molecule has 1 fully saturated rings. The first-order valence-corrected chi connectivity index (χ1v) is 11.8. The maximum absolute atomic E-state index is 9.64. The highest BCUT2D eigenvalue weighted by atomic mass is 32.1. The van der Waals surface area contributed by atoms with Crippen molar-refractivity contribution in [1.29, 1.82) is 0 Å². The van der Waals surface area contributed by atoms with Crippen LogP contribution in [0.2, 0.25) is 0 Å². The lowest BCUT2D eigenvalue weighted by molar-refractivity contribution is 0.0792. The predicted octanol–water partition coefficient (Wildman–Crippen LogP) is 3.01. The van der Waals surface area contributed by atoms with Gasteiger partial charge in [0.1, 0.15) is 0 Å². The Morgan fingerprint density at radius 2 is 1.87 bits per heavy atom. The Balaban J connectivity index is 1.47. The second kappa shape index (κ2) is 11.4. The highest BCUT2D eigenvalue weighted by Crippen LogP contribution is 2.16. The van der Waals surface area contributed by atoms with Gasteiger partial charge in [-0.15, -0.1) is 11.3 Å². The molecule has 1 saturated heterocycles. The molecule has 0 spiro atoms. The number of thiazole rings is 1. The van der Waals surface area contributed by atoms with Crippen LogP contribution in [0.5, 0.6) is 0 Å². The number of hydrogen-bond acceptors (Lipinski definition) is 5. The molecule has 7 heteroatoms. The SMILES string of the molecule is CCNC(=NCc1ccc(CN2CCC(O)CC2)cc1)NCCc1nc(C)c(C)s1. The molecule has 0 saturated carbocycles. The van der Waals surface area contributed by atoms with Gasteiger partial charge in [-0.1, -0.05) is 24.3 Å². The van der Waals surface area contributed by atoms with Gasteiger partial charge in [-0.05, 0) is 44.7 Å². The largest absolute Gasteiger partial charge is 0.393 e. The van der Waals surface area contributed by atoms with E-state index in [2.05, 4.69) is 65.6 Å². The van der Waals surface area contributed by atoms with Crippen molar-refractivity contribution < 1.29 is 5.11 Å². The summed E-state index contributed by atoms with van der Waals surface area (Å²) in [5.74, 6) is 0.846. The molecule has 0 radical (unpaired) electrons. The molecule has 6 nitrogen and oxygen atoms in total. The maximum Gasteiger partial charge on any atom is 0.191 e. The second-order valence-corrected chi connectivity index (χ2v) is 9.23. The van der Waals surface area contributed by atoms with Gasteiger partial charge in [-0.2, -0.15) is 0 Å². The summed E-state index contributed by atoms with van der Waals surface area (Å²) in [5, 5.41) is 17.6. The predicted molar refractivity (Wildman–Crippen MR) is 125 cm³/mol. The Morgan fingerprint density at radius 3 is 2.50 bits per heavy atom. The number of piperidine rings is 1. The first-order valence-electron chi connectivity index (χ1n) is 11.0. The van der Waals surface area contributed by atoms with Gasteiger partial charge in [0.15, 0.2) is 5.96 Å². The number of aliphatic hydroxyl groups is 1. The van der Waals surface area contributed by atoms with Crippen LogP contribution in [-0.2, 0) is 19.5 Å². The zero-order valence-electron chi connectivity index (χ0n) is 18.4. The fraction of sp³-hybridized carbons (Fsp3) is 0.565. The number of benzene rings is 1. The van der Waals surface area contributed by atoms with E-state index in [0.717, 1.165) is 63.6 Å². The summed E-state index contributed by atoms with van der Waals surface area (Å²) >= 11 is 1.78. The summed E-state index contributed by atoms with van der Waals surface area (Å²) in [7, 11) is 0. The van der Waals surface area contributed by atoms with Crippen molar-refractivity contribution in [2.75, 3.05) is 26.2 Å². The van der Waals surface area contributed by atoms with Crippen molar-refractivity contribution in [2.45, 2.75) is 59.2 Å². The third kappa shape index (κ3) is 7.07. The molecule has 2 aromatic rings. The number of aliphatic imine (C=N–C) groups is 1. The Kier molecular flexibility index (Phi) is 8.66. The number of hydrogen-bond donors (Lipinski definition) is 3. The average Bonchev–Trinajstić information content (AvgIpc) is 3.06. The van der Waals surface area contributed by atoms with E-state index in [4.69, 9.17) is 4.99 Å². The van der Waals surface area contributed by atoms with Crippen LogP contribution in [0.1, 0.15) is 46.5 Å². The van der Waals surface area contributed by atoms with Crippen molar-refractivity contribution in [3.05, 3.63) is 51.0 Å². The van der Waals surface area contributed by atoms with Crippen molar-refractivity contribution in [2.24, 2.45) is 4.99 Å². The molecule has 0 bridgehead atoms. The van der Waals surface area contributed by atoms with E-state index in [9.17, 15) is 5.11 Å². The first-order chi connectivity index (χ1) is 14.5. The normalized spacial score (nSPS) is 16.1. The molecule has 0 aliphatic carbocycles. The number of nitrogens with zero attached hydrogens (tertiary/aromatic N) is 3. The fourth-order valence-electron chi connectivity index (χ4n) is 3.53. The minimum atomic E-state index is -0.115. The van der Waals surface area contributed by atoms with Crippen molar-refractivity contribution >= 4 is 17.3 Å². The molecule has 1 aliphatic heterocycles. The summed E-state index contributed by atoms with van der Waals surface area (Å²) in [6.45, 7) is 11.5. The lowest BCUT2D eigenvalue weighted by Crippen LogP contribution is -2.38. The topological polar surface area (TPSA) is 72.8 Å². The number of rotatable bonds is 8. The van der Waals surface area contributed by atoms with Crippen LogP contribution >= 0.6 is 11.3 Å². The minimum absolute atomic E-state index is 0.115. The quantitative estimate of drug-likeness (QED) is 0.444. The highest BCUT2D eigenvalue weighted by Gasteiger charge is 2.16. The van der Waals surface area contributed by atoms with E-state index in [1.54, 1.807) is 11.3 Å². The van der Waals surface area contributed by atoms with Gasteiger partial charge < -0.3 is 15.7 Å². The first kappa shape index (κ1) is 22.7. The fourth-order valence-corrected chi connectivity index (χ4v) is 4.47. The number of guanidine groups is 1. The Labute approximate surface area is 184 Å². The lowest BCUT2D eigenvalue weighted by atomic mass is 10.1. The zero-order valence-corrected chi connectivity index (χ0v) is 19.3. The summed E-state index contributed by atoms with van der Waals surface area (Å²) in [5.41, 5.74) is 3.66. The molecule has 3 N–H and O–H groups in total. The summed E-state index contributed by atoms with van der Waals surface area (Å²) < 4.78 is 0. The van der Waals surface area contributed by atoms with Crippen molar-refractivity contribution in [3.8, 4) is 0 Å². The summed E-state index contributed by atoms with van der Waals surface area (Å²) in [6, 6.07) is 8.73. The number of aryl methyl sites for hydroxylation is 2. The molecular weight excluding hydrogens is 394 g/mol. The van der Waals surface area contributed by atoms with E-state index < -0.39 is 0 Å². The molecule has 30 heavy (non-hydrogen) atoms. The van der Waals surface area contributed by atoms with Gasteiger partial charge >= 0.3 is 0 Å². The third-order valence-electron chi connectivity index (χ3n) is 5.45. The number of nitrogens with one attached hydrogen (secondary N) is 2. The molecule has 2 heterocycles. The van der Waals surface area contributed by atoms with Crippen LogP contribution in [-0.4, -0.2) is 53.2 Å².